The molecule has 0 aromatic heterocycles. The summed E-state index contributed by atoms with van der Waals surface area (Å²) in [4.78, 5) is 25.3. The van der Waals surface area contributed by atoms with E-state index in [1.165, 1.54) is 3.71 Å². The molecule has 1 heterocycles. The summed E-state index contributed by atoms with van der Waals surface area (Å²) in [5.41, 5.74) is 4.93. The monoisotopic (exact) mass is 235 g/mol. The molecule has 14 heavy (non-hydrogen) atoms. The second-order valence-corrected chi connectivity index (χ2v) is 4.44. The smallest absolute Gasteiger partial charge is 0.313 e. The molecule has 1 aliphatic rings. The molecule has 0 spiro atoms. The first kappa shape index (κ1) is 11.3. The van der Waals surface area contributed by atoms with Gasteiger partial charge in [0.1, 0.15) is 17.6 Å². The second kappa shape index (κ2) is 4.67. The number of carboxylic acids is 1. The van der Waals surface area contributed by atoms with Gasteiger partial charge in [-0.1, -0.05) is 12.8 Å². The molecule has 6 nitrogen and oxygen atoms in total. The van der Waals surface area contributed by atoms with Crippen LogP contribution in [0.1, 0.15) is 6.42 Å². The molecule has 1 amide bonds. The Hall–Kier alpha value is -0.730. The minimum absolute atomic E-state index is 0.233. The number of carboxylic acid groups (broad SMARTS) is 1. The number of aliphatic imine (C=N–C) groups is 1. The fourth-order valence-corrected chi connectivity index (χ4v) is 2.02. The van der Waals surface area contributed by atoms with E-state index in [0.29, 0.717) is 11.7 Å². The second-order valence-electron chi connectivity index (χ2n) is 2.64. The normalized spacial score (nSPS) is 19.1. The first-order valence-electron chi connectivity index (χ1n) is 3.70. The summed E-state index contributed by atoms with van der Waals surface area (Å²) in [6.45, 7) is 0.311. The predicted octanol–water partition coefficient (Wildman–Crippen LogP) is -0.273. The van der Waals surface area contributed by atoms with Crippen LogP contribution in [0.25, 0.3) is 0 Å². The number of hydrogen-bond acceptors (Lipinski definition) is 6. The van der Waals surface area contributed by atoms with Crippen molar-refractivity contribution in [1.82, 2.24) is 3.71 Å². The lowest BCUT2D eigenvalue weighted by molar-refractivity contribution is -0.141. The summed E-state index contributed by atoms with van der Waals surface area (Å²) < 4.78 is 1.48. The van der Waals surface area contributed by atoms with Gasteiger partial charge in [0.05, 0.1) is 0 Å². The summed E-state index contributed by atoms with van der Waals surface area (Å²) in [7, 11) is 0. The summed E-state index contributed by atoms with van der Waals surface area (Å²) in [6.07, 6.45) is -0.233. The highest BCUT2D eigenvalue weighted by atomic mass is 32.2. The molecule has 3 N–H and O–H groups in total. The van der Waals surface area contributed by atoms with E-state index >= 15 is 0 Å². The van der Waals surface area contributed by atoms with Crippen molar-refractivity contribution < 1.29 is 14.7 Å². The molecule has 0 aromatic rings. The average Bonchev–Trinajstić information content (AvgIpc) is 2.46. The lowest BCUT2D eigenvalue weighted by Crippen LogP contribution is -2.27. The molecule has 0 aromatic carbocycles. The third-order valence-electron chi connectivity index (χ3n) is 1.55. The summed E-state index contributed by atoms with van der Waals surface area (Å²) >= 11 is 5.08. The fourth-order valence-electron chi connectivity index (χ4n) is 0.951. The summed E-state index contributed by atoms with van der Waals surface area (Å²) in [5.74, 6) is -2.70. The largest absolute Gasteiger partial charge is 0.481 e. The maximum Gasteiger partial charge on any atom is 0.313 e. The number of rotatable bonds is 4. The maximum atomic E-state index is 10.8. The molecule has 0 bridgehead atoms. The zero-order valence-electron chi connectivity index (χ0n) is 7.08. The zero-order valence-corrected chi connectivity index (χ0v) is 8.79. The van der Waals surface area contributed by atoms with Crippen LogP contribution in [0.2, 0.25) is 0 Å². The van der Waals surface area contributed by atoms with Gasteiger partial charge in [0.15, 0.2) is 0 Å². The Balaban J connectivity index is 2.68. The molecule has 78 valence electrons. The molecule has 1 atom stereocenters. The summed E-state index contributed by atoms with van der Waals surface area (Å²) in [6, 6.07) is 0. The molecule has 1 unspecified atom stereocenters. The SMILES string of the molecule is NC(=O)CC(C(=O)O)C1=NCN(S)S1. The Morgan fingerprint density at radius 1 is 1.79 bits per heavy atom. The Bertz CT molecular complexity index is 294. The van der Waals surface area contributed by atoms with E-state index < -0.39 is 17.8 Å². The van der Waals surface area contributed by atoms with Crippen molar-refractivity contribution in [2.75, 3.05) is 6.67 Å². The van der Waals surface area contributed by atoms with Gasteiger partial charge in [-0.25, -0.2) is 0 Å². The number of amides is 1. The standard InChI is InChI=1S/C6H9N3O3S2/c7-4(10)1-3(6(11)12)5-8-2-9(13)14-5/h3,13H,1-2H2,(H2,7,10)(H,11,12). The van der Waals surface area contributed by atoms with Gasteiger partial charge >= 0.3 is 5.97 Å². The molecule has 0 saturated heterocycles. The van der Waals surface area contributed by atoms with E-state index in [0.717, 1.165) is 11.9 Å². The van der Waals surface area contributed by atoms with E-state index in [-0.39, 0.29) is 6.42 Å². The van der Waals surface area contributed by atoms with E-state index in [9.17, 15) is 9.59 Å². The van der Waals surface area contributed by atoms with Gasteiger partial charge in [0.2, 0.25) is 5.91 Å². The number of hydrogen-bond donors (Lipinski definition) is 3. The lowest BCUT2D eigenvalue weighted by atomic mass is 10.1. The lowest BCUT2D eigenvalue weighted by Gasteiger charge is -2.09. The first-order chi connectivity index (χ1) is 6.50. The van der Waals surface area contributed by atoms with Crippen LogP contribution < -0.4 is 5.73 Å². The van der Waals surface area contributed by atoms with Crippen molar-refractivity contribution in [2.24, 2.45) is 16.6 Å². The number of nitrogens with zero attached hydrogens (tertiary/aromatic N) is 2. The number of aliphatic carboxylic acids is 1. The highest BCUT2D eigenvalue weighted by Crippen LogP contribution is 2.27. The molecule has 1 aliphatic heterocycles. The number of thiol groups is 1. The van der Waals surface area contributed by atoms with E-state index in [1.807, 2.05) is 0 Å². The number of primary amides is 1. The van der Waals surface area contributed by atoms with E-state index in [1.54, 1.807) is 0 Å². The van der Waals surface area contributed by atoms with Gasteiger partial charge in [-0.15, -0.1) is 0 Å². The van der Waals surface area contributed by atoms with Crippen LogP contribution in [-0.2, 0) is 9.59 Å². The van der Waals surface area contributed by atoms with E-state index in [4.69, 9.17) is 10.8 Å². The Morgan fingerprint density at radius 2 is 2.43 bits per heavy atom. The van der Waals surface area contributed by atoms with Crippen LogP contribution in [0.3, 0.4) is 0 Å². The van der Waals surface area contributed by atoms with Gasteiger partial charge in [-0.2, -0.15) is 3.71 Å². The molecule has 0 fully saturated rings. The average molecular weight is 235 g/mol. The fraction of sp³-hybridized carbons (Fsp3) is 0.500. The van der Waals surface area contributed by atoms with Gasteiger partial charge < -0.3 is 10.8 Å². The molecular formula is C6H9N3O3S2. The van der Waals surface area contributed by atoms with Gasteiger partial charge in [0.25, 0.3) is 0 Å². The third-order valence-corrected chi connectivity index (χ3v) is 2.85. The van der Waals surface area contributed by atoms with Crippen molar-refractivity contribution in [2.45, 2.75) is 6.42 Å². The number of carbonyl (C=O) groups is 2. The highest BCUT2D eigenvalue weighted by molar-refractivity contribution is 8.17. The summed E-state index contributed by atoms with van der Waals surface area (Å²) in [5, 5.41) is 9.19. The van der Waals surface area contributed by atoms with Crippen molar-refractivity contribution in [3.8, 4) is 0 Å². The topological polar surface area (TPSA) is 96.0 Å². The van der Waals surface area contributed by atoms with Gasteiger partial charge in [-0.05, 0) is 11.9 Å². The Kier molecular flexibility index (Phi) is 3.78. The predicted molar refractivity (Wildman–Crippen MR) is 55.7 cm³/mol. The van der Waals surface area contributed by atoms with Crippen LogP contribution in [-0.4, -0.2) is 32.4 Å². The van der Waals surface area contributed by atoms with Crippen LogP contribution in [0, 0.1) is 5.92 Å². The molecule has 0 radical (unpaired) electrons. The van der Waals surface area contributed by atoms with Crippen molar-refractivity contribution in [1.29, 1.82) is 0 Å². The molecule has 1 rings (SSSR count). The Morgan fingerprint density at radius 3 is 2.79 bits per heavy atom. The minimum Gasteiger partial charge on any atom is -0.481 e. The van der Waals surface area contributed by atoms with E-state index in [2.05, 4.69) is 17.8 Å². The Labute approximate surface area is 90.2 Å². The van der Waals surface area contributed by atoms with Crippen molar-refractivity contribution in [3.63, 3.8) is 0 Å². The van der Waals surface area contributed by atoms with Crippen LogP contribution in [0.4, 0.5) is 0 Å². The molecular weight excluding hydrogens is 226 g/mol. The maximum absolute atomic E-state index is 10.8. The molecule has 8 heteroatoms. The van der Waals surface area contributed by atoms with Crippen LogP contribution >= 0.6 is 24.8 Å². The highest BCUT2D eigenvalue weighted by Gasteiger charge is 2.30. The minimum atomic E-state index is -1.10. The molecule has 0 aliphatic carbocycles. The van der Waals surface area contributed by atoms with Gasteiger partial charge in [0, 0.05) is 6.42 Å². The van der Waals surface area contributed by atoms with Crippen LogP contribution in [0.15, 0.2) is 4.99 Å². The van der Waals surface area contributed by atoms with Crippen LogP contribution in [0.5, 0.6) is 0 Å². The number of carbonyl (C=O) groups excluding carboxylic acids is 1. The first-order valence-corrected chi connectivity index (χ1v) is 4.88. The van der Waals surface area contributed by atoms with Gasteiger partial charge in [-0.3, -0.25) is 14.6 Å². The molecule has 0 saturated carbocycles. The van der Waals surface area contributed by atoms with Crippen molar-refractivity contribution in [3.05, 3.63) is 0 Å². The number of nitrogens with two attached hydrogens (primary N) is 1. The third kappa shape index (κ3) is 2.89. The van der Waals surface area contributed by atoms with Crippen molar-refractivity contribution >= 4 is 41.7 Å². The quantitative estimate of drug-likeness (QED) is 0.460. The zero-order chi connectivity index (χ0) is 10.7.